The molecule has 2 N–H and O–H groups in total. The SMILES string of the molecule is CN(C(=O)c1ccc(Br)cc1N)c1ccc([N+](=O)[O-])cc1. The molecule has 0 radical (unpaired) electrons. The zero-order chi connectivity index (χ0) is 15.6. The van der Waals surface area contributed by atoms with Crippen molar-refractivity contribution in [3.63, 3.8) is 0 Å². The average Bonchev–Trinajstić information content (AvgIpc) is 2.46. The highest BCUT2D eigenvalue weighted by molar-refractivity contribution is 9.10. The number of nitro groups is 1. The van der Waals surface area contributed by atoms with Crippen molar-refractivity contribution in [3.05, 3.63) is 62.6 Å². The summed E-state index contributed by atoms with van der Waals surface area (Å²) in [5, 5.41) is 10.6. The van der Waals surface area contributed by atoms with Crippen LogP contribution in [0.1, 0.15) is 10.4 Å². The van der Waals surface area contributed by atoms with Crippen LogP contribution < -0.4 is 10.6 Å². The number of carbonyl (C=O) groups is 1. The lowest BCUT2D eigenvalue weighted by Crippen LogP contribution is -2.27. The van der Waals surface area contributed by atoms with Crippen LogP contribution in [0.4, 0.5) is 17.1 Å². The van der Waals surface area contributed by atoms with Gasteiger partial charge >= 0.3 is 0 Å². The molecule has 2 aromatic carbocycles. The molecule has 2 aromatic rings. The topological polar surface area (TPSA) is 89.5 Å². The van der Waals surface area contributed by atoms with Crippen LogP contribution in [0.3, 0.4) is 0 Å². The quantitative estimate of drug-likeness (QED) is 0.523. The van der Waals surface area contributed by atoms with Gasteiger partial charge in [-0.25, -0.2) is 0 Å². The molecule has 7 heteroatoms. The molecule has 0 fully saturated rings. The summed E-state index contributed by atoms with van der Waals surface area (Å²) >= 11 is 3.28. The lowest BCUT2D eigenvalue weighted by atomic mass is 10.1. The van der Waals surface area contributed by atoms with Crippen molar-refractivity contribution in [2.24, 2.45) is 0 Å². The van der Waals surface area contributed by atoms with Gasteiger partial charge in [-0.1, -0.05) is 15.9 Å². The van der Waals surface area contributed by atoms with E-state index < -0.39 is 4.92 Å². The molecule has 0 aliphatic carbocycles. The number of hydrogen-bond donors (Lipinski definition) is 1. The van der Waals surface area contributed by atoms with E-state index in [0.29, 0.717) is 16.9 Å². The summed E-state index contributed by atoms with van der Waals surface area (Å²) in [6, 6.07) is 10.7. The van der Waals surface area contributed by atoms with Crippen molar-refractivity contribution in [3.8, 4) is 0 Å². The Morgan fingerprint density at radius 3 is 2.38 bits per heavy atom. The van der Waals surface area contributed by atoms with Gasteiger partial charge in [-0.2, -0.15) is 0 Å². The maximum atomic E-state index is 12.4. The van der Waals surface area contributed by atoms with Crippen LogP contribution in [-0.4, -0.2) is 17.9 Å². The van der Waals surface area contributed by atoms with Gasteiger partial charge in [0.15, 0.2) is 0 Å². The van der Waals surface area contributed by atoms with Gasteiger partial charge < -0.3 is 10.6 Å². The molecule has 0 unspecified atom stereocenters. The van der Waals surface area contributed by atoms with E-state index in [9.17, 15) is 14.9 Å². The van der Waals surface area contributed by atoms with Gasteiger partial charge in [-0.05, 0) is 30.3 Å². The van der Waals surface area contributed by atoms with Crippen molar-refractivity contribution in [2.75, 3.05) is 17.7 Å². The number of rotatable bonds is 3. The van der Waals surface area contributed by atoms with Crippen LogP contribution in [-0.2, 0) is 0 Å². The maximum Gasteiger partial charge on any atom is 0.269 e. The van der Waals surface area contributed by atoms with E-state index >= 15 is 0 Å². The fourth-order valence-corrected chi connectivity index (χ4v) is 2.20. The fourth-order valence-electron chi connectivity index (χ4n) is 1.82. The Morgan fingerprint density at radius 2 is 1.86 bits per heavy atom. The van der Waals surface area contributed by atoms with Gasteiger partial charge in [0.05, 0.1) is 10.5 Å². The Hall–Kier alpha value is -2.41. The van der Waals surface area contributed by atoms with Crippen molar-refractivity contribution in [1.29, 1.82) is 0 Å². The van der Waals surface area contributed by atoms with Crippen LogP contribution in [0.15, 0.2) is 46.9 Å². The Labute approximate surface area is 129 Å². The molecular weight excluding hydrogens is 338 g/mol. The Kier molecular flexibility index (Phi) is 4.23. The number of benzene rings is 2. The number of nitrogens with zero attached hydrogens (tertiary/aromatic N) is 2. The number of nitro benzene ring substituents is 1. The first-order chi connectivity index (χ1) is 9.90. The van der Waals surface area contributed by atoms with Gasteiger partial charge in [0, 0.05) is 35.0 Å². The average molecular weight is 350 g/mol. The second-order valence-electron chi connectivity index (χ2n) is 4.37. The van der Waals surface area contributed by atoms with Crippen molar-refractivity contribution in [2.45, 2.75) is 0 Å². The van der Waals surface area contributed by atoms with E-state index in [2.05, 4.69) is 15.9 Å². The monoisotopic (exact) mass is 349 g/mol. The number of non-ortho nitro benzene ring substituents is 1. The molecule has 0 spiro atoms. The third kappa shape index (κ3) is 3.19. The first-order valence-electron chi connectivity index (χ1n) is 5.97. The number of nitrogen functional groups attached to an aromatic ring is 1. The molecule has 0 aromatic heterocycles. The molecule has 108 valence electrons. The summed E-state index contributed by atoms with van der Waals surface area (Å²) in [6.07, 6.45) is 0. The standard InChI is InChI=1S/C14H12BrN3O3/c1-17(10-3-5-11(6-4-10)18(20)21)14(19)12-7-2-9(15)8-13(12)16/h2-8H,16H2,1H3. The van der Waals surface area contributed by atoms with E-state index in [4.69, 9.17) is 5.73 Å². The van der Waals surface area contributed by atoms with Gasteiger partial charge in [0.1, 0.15) is 0 Å². The first kappa shape index (κ1) is 15.0. The van der Waals surface area contributed by atoms with Crippen molar-refractivity contribution in [1.82, 2.24) is 0 Å². The lowest BCUT2D eigenvalue weighted by Gasteiger charge is -2.18. The van der Waals surface area contributed by atoms with Crippen LogP contribution in [0.2, 0.25) is 0 Å². The molecule has 1 amide bonds. The minimum Gasteiger partial charge on any atom is -0.398 e. The minimum absolute atomic E-state index is 0.0252. The number of nitrogens with two attached hydrogens (primary N) is 1. The number of carbonyl (C=O) groups excluding carboxylic acids is 1. The van der Waals surface area contributed by atoms with E-state index in [-0.39, 0.29) is 11.6 Å². The minimum atomic E-state index is -0.488. The third-order valence-corrected chi connectivity index (χ3v) is 3.49. The van der Waals surface area contributed by atoms with Gasteiger partial charge in [0.25, 0.3) is 11.6 Å². The molecule has 0 bridgehead atoms. The number of hydrogen-bond acceptors (Lipinski definition) is 4. The van der Waals surface area contributed by atoms with Crippen LogP contribution >= 0.6 is 15.9 Å². The van der Waals surface area contributed by atoms with Crippen LogP contribution in [0.5, 0.6) is 0 Å². The molecule has 6 nitrogen and oxygen atoms in total. The highest BCUT2D eigenvalue weighted by Crippen LogP contribution is 2.23. The molecule has 2 rings (SSSR count). The van der Waals surface area contributed by atoms with E-state index in [0.717, 1.165) is 4.47 Å². The second-order valence-corrected chi connectivity index (χ2v) is 5.28. The smallest absolute Gasteiger partial charge is 0.269 e. The molecule has 0 saturated heterocycles. The van der Waals surface area contributed by atoms with Gasteiger partial charge in [-0.3, -0.25) is 14.9 Å². The highest BCUT2D eigenvalue weighted by atomic mass is 79.9. The molecule has 0 atom stereocenters. The van der Waals surface area contributed by atoms with Crippen molar-refractivity contribution >= 4 is 38.9 Å². The molecule has 0 aliphatic rings. The zero-order valence-electron chi connectivity index (χ0n) is 11.1. The van der Waals surface area contributed by atoms with Gasteiger partial charge in [-0.15, -0.1) is 0 Å². The zero-order valence-corrected chi connectivity index (χ0v) is 12.7. The molecule has 21 heavy (non-hydrogen) atoms. The number of halogens is 1. The summed E-state index contributed by atoms with van der Waals surface area (Å²) in [5.41, 5.74) is 7.10. The number of amides is 1. The van der Waals surface area contributed by atoms with E-state index in [1.54, 1.807) is 25.2 Å². The van der Waals surface area contributed by atoms with E-state index in [1.807, 2.05) is 0 Å². The van der Waals surface area contributed by atoms with Crippen molar-refractivity contribution < 1.29 is 9.72 Å². The maximum absolute atomic E-state index is 12.4. The first-order valence-corrected chi connectivity index (χ1v) is 6.77. The molecule has 0 aliphatic heterocycles. The van der Waals surface area contributed by atoms with Crippen LogP contribution in [0.25, 0.3) is 0 Å². The molecule has 0 heterocycles. The van der Waals surface area contributed by atoms with E-state index in [1.165, 1.54) is 29.2 Å². The molecular formula is C14H12BrN3O3. The summed E-state index contributed by atoms with van der Waals surface area (Å²) < 4.78 is 0.787. The predicted octanol–water partition coefficient (Wildman–Crippen LogP) is 3.22. The highest BCUT2D eigenvalue weighted by Gasteiger charge is 2.17. The van der Waals surface area contributed by atoms with Crippen LogP contribution in [0, 0.1) is 10.1 Å². The lowest BCUT2D eigenvalue weighted by molar-refractivity contribution is -0.384. The Bertz CT molecular complexity index is 701. The second kappa shape index (κ2) is 5.92. The summed E-state index contributed by atoms with van der Waals surface area (Å²) in [6.45, 7) is 0. The van der Waals surface area contributed by atoms with Gasteiger partial charge in [0.2, 0.25) is 0 Å². The molecule has 0 saturated carbocycles. The Balaban J connectivity index is 2.28. The number of anilines is 2. The Morgan fingerprint density at radius 1 is 1.24 bits per heavy atom. The third-order valence-electron chi connectivity index (χ3n) is 3.00. The summed E-state index contributed by atoms with van der Waals surface area (Å²) in [4.78, 5) is 23.9. The summed E-state index contributed by atoms with van der Waals surface area (Å²) in [5.74, 6) is -0.283. The fraction of sp³-hybridized carbons (Fsp3) is 0.0714. The predicted molar refractivity (Wildman–Crippen MR) is 84.4 cm³/mol. The normalized spacial score (nSPS) is 10.2. The summed E-state index contributed by atoms with van der Waals surface area (Å²) in [7, 11) is 1.59. The largest absolute Gasteiger partial charge is 0.398 e.